The highest BCUT2D eigenvalue weighted by Gasteiger charge is 2.27. The number of carbonyl (C=O) groups is 1. The normalized spacial score (nSPS) is 21.3. The third kappa shape index (κ3) is 4.34. The van der Waals surface area contributed by atoms with Crippen LogP contribution in [0.15, 0.2) is 11.4 Å². The monoisotopic (exact) mass is 293 g/mol. The van der Waals surface area contributed by atoms with Crippen molar-refractivity contribution in [2.24, 2.45) is 5.92 Å². The molecule has 0 radical (unpaired) electrons. The molecule has 2 N–H and O–H groups in total. The summed E-state index contributed by atoms with van der Waals surface area (Å²) in [6.45, 7) is 3.14. The fraction of sp³-hybridized carbons (Fsp3) is 0.533. The smallest absolute Gasteiger partial charge is 0.225 e. The molecule has 1 aliphatic rings. The third-order valence-electron chi connectivity index (χ3n) is 3.13. The van der Waals surface area contributed by atoms with Crippen molar-refractivity contribution in [1.29, 1.82) is 0 Å². The van der Waals surface area contributed by atoms with Crippen LogP contribution in [0.3, 0.4) is 0 Å². The van der Waals surface area contributed by atoms with Crippen molar-refractivity contribution in [2.75, 3.05) is 13.2 Å². The van der Waals surface area contributed by atoms with Gasteiger partial charge in [0.1, 0.15) is 0 Å². The molecule has 0 aliphatic carbocycles. The maximum atomic E-state index is 11.9. The zero-order chi connectivity index (χ0) is 14.4. The zero-order valence-electron chi connectivity index (χ0n) is 11.5. The summed E-state index contributed by atoms with van der Waals surface area (Å²) in [6, 6.07) is 1.98. The molecule has 2 heterocycles. The fourth-order valence-corrected chi connectivity index (χ4v) is 2.83. The molecule has 4 nitrogen and oxygen atoms in total. The second kappa shape index (κ2) is 7.44. The van der Waals surface area contributed by atoms with Crippen LogP contribution in [0.5, 0.6) is 0 Å². The Bertz CT molecular complexity index is 515. The second-order valence-corrected chi connectivity index (χ2v) is 5.87. The lowest BCUT2D eigenvalue weighted by molar-refractivity contribution is -0.125. The van der Waals surface area contributed by atoms with Crippen LogP contribution in [0, 0.1) is 17.8 Å². The minimum atomic E-state index is -0.0196. The van der Waals surface area contributed by atoms with E-state index in [-0.39, 0.29) is 24.5 Å². The maximum Gasteiger partial charge on any atom is 0.225 e. The molecule has 0 aromatic carbocycles. The second-order valence-electron chi connectivity index (χ2n) is 4.87. The molecule has 1 aromatic rings. The number of ether oxygens (including phenoxy) is 1. The van der Waals surface area contributed by atoms with Crippen LogP contribution in [0.1, 0.15) is 30.2 Å². The highest BCUT2D eigenvalue weighted by molar-refractivity contribution is 7.10. The summed E-state index contributed by atoms with van der Waals surface area (Å²) >= 11 is 1.58. The van der Waals surface area contributed by atoms with E-state index >= 15 is 0 Å². The van der Waals surface area contributed by atoms with Gasteiger partial charge in [-0.1, -0.05) is 11.8 Å². The van der Waals surface area contributed by atoms with E-state index in [1.807, 2.05) is 18.4 Å². The Balaban J connectivity index is 1.79. The van der Waals surface area contributed by atoms with Gasteiger partial charge in [-0.25, -0.2) is 0 Å². The van der Waals surface area contributed by atoms with Crippen LogP contribution in [0.2, 0.25) is 0 Å². The van der Waals surface area contributed by atoms with E-state index in [1.165, 1.54) is 0 Å². The van der Waals surface area contributed by atoms with Crippen molar-refractivity contribution in [1.82, 2.24) is 5.32 Å². The molecule has 1 amide bonds. The maximum absolute atomic E-state index is 11.9. The van der Waals surface area contributed by atoms with Crippen molar-refractivity contribution in [3.63, 3.8) is 0 Å². The van der Waals surface area contributed by atoms with Crippen LogP contribution in [0.4, 0.5) is 0 Å². The Morgan fingerprint density at radius 3 is 3.20 bits per heavy atom. The molecular weight excluding hydrogens is 274 g/mol. The lowest BCUT2D eigenvalue weighted by Gasteiger charge is -2.08. The summed E-state index contributed by atoms with van der Waals surface area (Å²) in [5, 5.41) is 13.6. The zero-order valence-corrected chi connectivity index (χ0v) is 12.3. The first kappa shape index (κ1) is 15.0. The Morgan fingerprint density at radius 2 is 2.50 bits per heavy atom. The third-order valence-corrected chi connectivity index (χ3v) is 4.07. The molecule has 1 aromatic heterocycles. The minimum absolute atomic E-state index is 0.0196. The van der Waals surface area contributed by atoms with Crippen molar-refractivity contribution in [3.8, 4) is 11.8 Å². The van der Waals surface area contributed by atoms with Crippen molar-refractivity contribution >= 4 is 17.2 Å². The van der Waals surface area contributed by atoms with Gasteiger partial charge in [0.15, 0.2) is 0 Å². The average Bonchev–Trinajstić information content (AvgIpc) is 3.05. The SMILES string of the molecule is CC1CC(C(=O)NCc2cc(C#CCCO)cs2)CO1. The first-order chi connectivity index (χ1) is 9.69. The molecule has 0 spiro atoms. The Morgan fingerprint density at radius 1 is 1.65 bits per heavy atom. The van der Waals surface area contributed by atoms with Gasteiger partial charge in [0.2, 0.25) is 5.91 Å². The van der Waals surface area contributed by atoms with E-state index in [0.717, 1.165) is 16.9 Å². The van der Waals surface area contributed by atoms with Crippen molar-refractivity contribution in [2.45, 2.75) is 32.4 Å². The molecule has 2 unspecified atom stereocenters. The van der Waals surface area contributed by atoms with Gasteiger partial charge in [-0.3, -0.25) is 4.79 Å². The predicted molar refractivity (Wildman–Crippen MR) is 78.3 cm³/mol. The number of carbonyl (C=O) groups excluding carboxylic acids is 1. The van der Waals surface area contributed by atoms with Gasteiger partial charge in [0.25, 0.3) is 0 Å². The first-order valence-corrected chi connectivity index (χ1v) is 7.63. The lowest BCUT2D eigenvalue weighted by atomic mass is 10.1. The standard InChI is InChI=1S/C15H19NO3S/c1-11-6-13(9-19-11)15(18)16-8-14-7-12(10-20-14)4-2-3-5-17/h7,10-11,13,17H,3,5-6,8-9H2,1H3,(H,16,18). The summed E-state index contributed by atoms with van der Waals surface area (Å²) in [4.78, 5) is 13.0. The van der Waals surface area contributed by atoms with Crippen molar-refractivity contribution < 1.29 is 14.6 Å². The molecule has 2 atom stereocenters. The summed E-state index contributed by atoms with van der Waals surface area (Å²) in [5.41, 5.74) is 0.936. The quantitative estimate of drug-likeness (QED) is 0.828. The molecule has 108 valence electrons. The molecule has 0 saturated carbocycles. The van der Waals surface area contributed by atoms with E-state index in [9.17, 15) is 4.79 Å². The summed E-state index contributed by atoms with van der Waals surface area (Å²) in [7, 11) is 0. The molecule has 20 heavy (non-hydrogen) atoms. The van der Waals surface area contributed by atoms with Gasteiger partial charge in [0, 0.05) is 22.2 Å². The number of rotatable bonds is 4. The number of thiophene rings is 1. The van der Waals surface area contributed by atoms with Gasteiger partial charge >= 0.3 is 0 Å². The molecule has 1 aliphatic heterocycles. The molecular formula is C15H19NO3S. The van der Waals surface area contributed by atoms with Crippen molar-refractivity contribution in [3.05, 3.63) is 21.9 Å². The number of aliphatic hydroxyl groups excluding tert-OH is 1. The summed E-state index contributed by atoms with van der Waals surface area (Å²) in [6.07, 6.45) is 1.47. The van der Waals surface area contributed by atoms with Gasteiger partial charge in [-0.05, 0) is 19.4 Å². The van der Waals surface area contributed by atoms with E-state index in [2.05, 4.69) is 17.2 Å². The summed E-state index contributed by atoms with van der Waals surface area (Å²) in [5.74, 6) is 5.91. The van der Waals surface area contributed by atoms with Gasteiger partial charge < -0.3 is 15.2 Å². The molecule has 2 rings (SSSR count). The number of hydrogen-bond acceptors (Lipinski definition) is 4. The highest BCUT2D eigenvalue weighted by atomic mass is 32.1. The van der Waals surface area contributed by atoms with E-state index in [0.29, 0.717) is 19.6 Å². The van der Waals surface area contributed by atoms with E-state index in [4.69, 9.17) is 9.84 Å². The Kier molecular flexibility index (Phi) is 5.60. The fourth-order valence-electron chi connectivity index (χ4n) is 2.08. The Hall–Kier alpha value is -1.35. The largest absolute Gasteiger partial charge is 0.395 e. The number of nitrogens with one attached hydrogen (secondary N) is 1. The molecule has 1 saturated heterocycles. The van der Waals surface area contributed by atoms with Crippen LogP contribution < -0.4 is 5.32 Å². The van der Waals surface area contributed by atoms with E-state index in [1.54, 1.807) is 11.3 Å². The van der Waals surface area contributed by atoms with Crippen LogP contribution in [-0.4, -0.2) is 30.3 Å². The van der Waals surface area contributed by atoms with Crippen LogP contribution >= 0.6 is 11.3 Å². The summed E-state index contributed by atoms with van der Waals surface area (Å²) < 4.78 is 5.40. The topological polar surface area (TPSA) is 58.6 Å². The lowest BCUT2D eigenvalue weighted by Crippen LogP contribution is -2.30. The Labute approximate surface area is 123 Å². The van der Waals surface area contributed by atoms with E-state index < -0.39 is 0 Å². The number of aliphatic hydroxyl groups is 1. The number of amides is 1. The van der Waals surface area contributed by atoms with Crippen LogP contribution in [0.25, 0.3) is 0 Å². The minimum Gasteiger partial charge on any atom is -0.395 e. The average molecular weight is 293 g/mol. The highest BCUT2D eigenvalue weighted by Crippen LogP contribution is 2.19. The first-order valence-electron chi connectivity index (χ1n) is 6.75. The molecule has 0 bridgehead atoms. The van der Waals surface area contributed by atoms with Gasteiger partial charge in [-0.15, -0.1) is 11.3 Å². The van der Waals surface area contributed by atoms with Gasteiger partial charge in [-0.2, -0.15) is 0 Å². The van der Waals surface area contributed by atoms with Gasteiger partial charge in [0.05, 0.1) is 31.8 Å². The molecule has 1 fully saturated rings. The molecule has 5 heteroatoms. The number of hydrogen-bond donors (Lipinski definition) is 2. The van der Waals surface area contributed by atoms with Crippen LogP contribution in [-0.2, 0) is 16.1 Å². The predicted octanol–water partition coefficient (Wildman–Crippen LogP) is 1.52.